The maximum Gasteiger partial charge on any atom is 0.276 e. The van der Waals surface area contributed by atoms with Gasteiger partial charge in [0.2, 0.25) is 0 Å². The summed E-state index contributed by atoms with van der Waals surface area (Å²) in [5.74, 6) is 0.0410. The third-order valence-corrected chi connectivity index (χ3v) is 5.89. The largest absolute Gasteiger partial charge is 0.493 e. The molecule has 0 atom stereocenters. The fraction of sp³-hybridized carbons (Fsp3) is 0.174. The zero-order valence-electron chi connectivity index (χ0n) is 17.6. The van der Waals surface area contributed by atoms with Crippen LogP contribution in [0.2, 0.25) is 0 Å². The first-order valence-electron chi connectivity index (χ1n) is 10.0. The number of nitrogens with one attached hydrogen (secondary N) is 3. The maximum absolute atomic E-state index is 12.6. The van der Waals surface area contributed by atoms with Crippen LogP contribution in [0.4, 0.5) is 0 Å². The minimum absolute atomic E-state index is 0.0679. The SMILES string of the molecule is CCCOc1ccc(Br)cc1C(=O)NC(=S)NNC(=O)COc1ccc2ccccc2c1Br. The van der Waals surface area contributed by atoms with Crippen LogP contribution in [0, 0.1) is 0 Å². The van der Waals surface area contributed by atoms with Gasteiger partial charge in [-0.3, -0.25) is 25.8 Å². The van der Waals surface area contributed by atoms with E-state index in [0.29, 0.717) is 23.7 Å². The summed E-state index contributed by atoms with van der Waals surface area (Å²) in [6.07, 6.45) is 0.807. The number of benzene rings is 3. The van der Waals surface area contributed by atoms with Crippen LogP contribution in [0.5, 0.6) is 11.5 Å². The van der Waals surface area contributed by atoms with E-state index in [4.69, 9.17) is 21.7 Å². The molecule has 0 saturated carbocycles. The normalized spacial score (nSPS) is 10.4. The average Bonchev–Trinajstić information content (AvgIpc) is 2.81. The van der Waals surface area contributed by atoms with E-state index >= 15 is 0 Å². The zero-order chi connectivity index (χ0) is 23.8. The van der Waals surface area contributed by atoms with Crippen molar-refractivity contribution < 1.29 is 19.1 Å². The number of hydrogen-bond acceptors (Lipinski definition) is 5. The molecule has 3 aromatic carbocycles. The van der Waals surface area contributed by atoms with Gasteiger partial charge in [0.1, 0.15) is 11.5 Å². The van der Waals surface area contributed by atoms with Gasteiger partial charge in [-0.25, -0.2) is 0 Å². The highest BCUT2D eigenvalue weighted by molar-refractivity contribution is 9.11. The van der Waals surface area contributed by atoms with Gasteiger partial charge in [0.25, 0.3) is 11.8 Å². The number of hydrazine groups is 1. The number of fused-ring (bicyclic) bond motifs is 1. The molecule has 0 unspecified atom stereocenters. The smallest absolute Gasteiger partial charge is 0.276 e. The molecule has 0 aliphatic rings. The van der Waals surface area contributed by atoms with E-state index in [0.717, 1.165) is 26.1 Å². The van der Waals surface area contributed by atoms with Gasteiger partial charge < -0.3 is 9.47 Å². The van der Waals surface area contributed by atoms with Crippen molar-refractivity contribution in [1.29, 1.82) is 0 Å². The minimum atomic E-state index is -0.471. The van der Waals surface area contributed by atoms with Crippen LogP contribution in [0.1, 0.15) is 23.7 Å². The van der Waals surface area contributed by atoms with Crippen LogP contribution in [-0.2, 0) is 4.79 Å². The Bertz CT molecular complexity index is 1190. The molecular formula is C23H21Br2N3O4S. The Morgan fingerprint density at radius 2 is 1.73 bits per heavy atom. The molecule has 3 aromatic rings. The molecule has 10 heteroatoms. The molecule has 0 aromatic heterocycles. The van der Waals surface area contributed by atoms with Gasteiger partial charge in [0, 0.05) is 4.47 Å². The third-order valence-electron chi connectivity index (χ3n) is 4.38. The van der Waals surface area contributed by atoms with Gasteiger partial charge in [0.05, 0.1) is 16.6 Å². The van der Waals surface area contributed by atoms with Gasteiger partial charge in [-0.05, 0) is 69.6 Å². The van der Waals surface area contributed by atoms with E-state index in [1.807, 2.05) is 37.3 Å². The average molecular weight is 595 g/mol. The first kappa shape index (κ1) is 24.9. The first-order valence-corrected chi connectivity index (χ1v) is 12.0. The number of rotatable bonds is 7. The first-order chi connectivity index (χ1) is 15.9. The van der Waals surface area contributed by atoms with Gasteiger partial charge in [0.15, 0.2) is 11.7 Å². The third kappa shape index (κ3) is 6.89. The summed E-state index contributed by atoms with van der Waals surface area (Å²) < 4.78 is 12.7. The summed E-state index contributed by atoms with van der Waals surface area (Å²) in [7, 11) is 0. The van der Waals surface area contributed by atoms with Crippen molar-refractivity contribution in [2.24, 2.45) is 0 Å². The van der Waals surface area contributed by atoms with Crippen LogP contribution >= 0.6 is 44.1 Å². The molecular weight excluding hydrogens is 574 g/mol. The molecule has 3 rings (SSSR count). The predicted octanol–water partition coefficient (Wildman–Crippen LogP) is 4.87. The highest BCUT2D eigenvalue weighted by Gasteiger charge is 2.15. The molecule has 3 N–H and O–H groups in total. The molecule has 0 aliphatic heterocycles. The van der Waals surface area contributed by atoms with Crippen molar-refractivity contribution >= 4 is 71.8 Å². The van der Waals surface area contributed by atoms with Crippen molar-refractivity contribution in [3.8, 4) is 11.5 Å². The van der Waals surface area contributed by atoms with E-state index < -0.39 is 11.8 Å². The highest BCUT2D eigenvalue weighted by Crippen LogP contribution is 2.33. The van der Waals surface area contributed by atoms with Crippen LogP contribution in [0.3, 0.4) is 0 Å². The lowest BCUT2D eigenvalue weighted by molar-refractivity contribution is -0.123. The lowest BCUT2D eigenvalue weighted by atomic mass is 10.1. The molecule has 33 heavy (non-hydrogen) atoms. The van der Waals surface area contributed by atoms with Crippen molar-refractivity contribution in [2.45, 2.75) is 13.3 Å². The number of halogens is 2. The number of hydrogen-bond donors (Lipinski definition) is 3. The fourth-order valence-electron chi connectivity index (χ4n) is 2.85. The van der Waals surface area contributed by atoms with Crippen LogP contribution in [0.15, 0.2) is 63.5 Å². The second-order valence-electron chi connectivity index (χ2n) is 6.83. The van der Waals surface area contributed by atoms with E-state index in [9.17, 15) is 9.59 Å². The number of carbonyl (C=O) groups is 2. The molecule has 0 heterocycles. The van der Waals surface area contributed by atoms with Gasteiger partial charge in [-0.2, -0.15) is 0 Å². The predicted molar refractivity (Wildman–Crippen MR) is 138 cm³/mol. The lowest BCUT2D eigenvalue weighted by Gasteiger charge is -2.14. The van der Waals surface area contributed by atoms with Crippen LogP contribution in [-0.4, -0.2) is 30.1 Å². The van der Waals surface area contributed by atoms with Gasteiger partial charge in [-0.1, -0.05) is 53.2 Å². The summed E-state index contributed by atoms with van der Waals surface area (Å²) in [5.41, 5.74) is 5.21. The lowest BCUT2D eigenvalue weighted by Crippen LogP contribution is -2.49. The van der Waals surface area contributed by atoms with E-state index in [2.05, 4.69) is 48.0 Å². The Labute approximate surface area is 213 Å². The fourth-order valence-corrected chi connectivity index (χ4v) is 3.96. The summed E-state index contributed by atoms with van der Waals surface area (Å²) in [5, 5.41) is 4.48. The minimum Gasteiger partial charge on any atom is -0.493 e. The number of carbonyl (C=O) groups excluding carboxylic acids is 2. The second-order valence-corrected chi connectivity index (χ2v) is 8.95. The van der Waals surface area contributed by atoms with Crippen LogP contribution < -0.4 is 25.6 Å². The Kier molecular flexibility index (Phi) is 9.04. The maximum atomic E-state index is 12.6. The quantitative estimate of drug-likeness (QED) is 0.267. The Balaban J connectivity index is 1.51. The van der Waals surface area contributed by atoms with Crippen molar-refractivity contribution in [1.82, 2.24) is 16.2 Å². The Morgan fingerprint density at radius 1 is 0.970 bits per heavy atom. The van der Waals surface area contributed by atoms with Crippen molar-refractivity contribution in [3.63, 3.8) is 0 Å². The zero-order valence-corrected chi connectivity index (χ0v) is 21.6. The Hall–Kier alpha value is -2.69. The molecule has 0 aliphatic carbocycles. The molecule has 7 nitrogen and oxygen atoms in total. The molecule has 0 bridgehead atoms. The summed E-state index contributed by atoms with van der Waals surface area (Å²) in [6.45, 7) is 2.21. The number of amides is 2. The Morgan fingerprint density at radius 3 is 2.52 bits per heavy atom. The van der Waals surface area contributed by atoms with Gasteiger partial charge >= 0.3 is 0 Å². The molecule has 0 spiro atoms. The molecule has 0 radical (unpaired) electrons. The molecule has 172 valence electrons. The molecule has 0 fully saturated rings. The van der Waals surface area contributed by atoms with E-state index in [1.54, 1.807) is 24.3 Å². The summed E-state index contributed by atoms with van der Waals surface area (Å²) >= 11 is 12.0. The van der Waals surface area contributed by atoms with Gasteiger partial charge in [-0.15, -0.1) is 0 Å². The van der Waals surface area contributed by atoms with Crippen molar-refractivity contribution in [3.05, 3.63) is 69.1 Å². The summed E-state index contributed by atoms with van der Waals surface area (Å²) in [4.78, 5) is 24.8. The number of ether oxygens (including phenoxy) is 2. The topological polar surface area (TPSA) is 88.7 Å². The van der Waals surface area contributed by atoms with E-state index in [-0.39, 0.29) is 11.7 Å². The number of thiocarbonyl (C=S) groups is 1. The molecule has 0 saturated heterocycles. The van der Waals surface area contributed by atoms with Crippen molar-refractivity contribution in [2.75, 3.05) is 13.2 Å². The monoisotopic (exact) mass is 593 g/mol. The summed E-state index contributed by atoms with van der Waals surface area (Å²) in [6, 6.07) is 16.6. The standard InChI is InChI=1S/C23H21Br2N3O4S/c1-2-11-31-18-10-8-15(24)12-17(18)22(30)26-23(33)28-27-20(29)13-32-19-9-7-14-5-3-4-6-16(14)21(19)25/h3-10,12H,2,11,13H2,1H3,(H,27,29)(H2,26,28,30,33). The van der Waals surface area contributed by atoms with Crippen LogP contribution in [0.25, 0.3) is 10.8 Å². The molecule has 2 amide bonds. The van der Waals surface area contributed by atoms with E-state index in [1.165, 1.54) is 0 Å². The second kappa shape index (κ2) is 12.0. The highest BCUT2D eigenvalue weighted by atomic mass is 79.9.